The molecule has 0 heterocycles. The molecule has 0 atom stereocenters. The molecule has 7 heteroatoms. The van der Waals surface area contributed by atoms with Crippen molar-refractivity contribution in [2.75, 3.05) is 0 Å². The first-order valence-corrected chi connectivity index (χ1v) is 8.09. The van der Waals surface area contributed by atoms with E-state index in [9.17, 15) is 8.42 Å². The van der Waals surface area contributed by atoms with Crippen LogP contribution in [0.5, 0.6) is 0 Å². The lowest BCUT2D eigenvalue weighted by Gasteiger charge is -2.09. The molecule has 0 saturated carbocycles. The molecule has 0 amide bonds. The van der Waals surface area contributed by atoms with E-state index in [2.05, 4.69) is 5.16 Å². The topological polar surface area (TPSA) is 66.7 Å². The first kappa shape index (κ1) is 15.8. The average Bonchev–Trinajstić information content (AvgIpc) is 2.43. The van der Waals surface area contributed by atoms with Crippen LogP contribution in [0, 0.1) is 6.92 Å². The number of nitrogens with zero attached hydrogens (tertiary/aromatic N) is 1. The molecular formula is C14H11Cl2NO3S. The summed E-state index contributed by atoms with van der Waals surface area (Å²) in [6, 6.07) is 10.5. The molecule has 0 aliphatic carbocycles. The maximum absolute atomic E-state index is 12.5. The minimum absolute atomic E-state index is 0.0111. The first-order chi connectivity index (χ1) is 9.86. The first-order valence-electron chi connectivity index (χ1n) is 5.85. The predicted molar refractivity (Wildman–Crippen MR) is 83.2 cm³/mol. The molecule has 0 aliphatic rings. The number of benzene rings is 2. The summed E-state index contributed by atoms with van der Waals surface area (Å²) in [5.74, 6) is 0. The standard InChI is InChI=1S/C14H11Cl2NO3S/c1-9-2-5-11(6-3-9)21(19,20)14(17-18)12-8-10(15)4-7-13(12)16/h2-8,18H,1H3/b17-14+. The molecule has 2 aromatic carbocycles. The molecule has 0 spiro atoms. The number of aryl methyl sites for hydroxylation is 1. The van der Waals surface area contributed by atoms with Gasteiger partial charge in [0.2, 0.25) is 14.9 Å². The smallest absolute Gasteiger partial charge is 0.227 e. The molecule has 0 radical (unpaired) electrons. The Hall–Kier alpha value is -1.56. The Labute approximate surface area is 132 Å². The Morgan fingerprint density at radius 3 is 2.29 bits per heavy atom. The number of hydrogen-bond acceptors (Lipinski definition) is 4. The van der Waals surface area contributed by atoms with Crippen LogP contribution in [0.4, 0.5) is 0 Å². The van der Waals surface area contributed by atoms with Gasteiger partial charge in [-0.05, 0) is 37.3 Å². The maximum Gasteiger partial charge on any atom is 0.227 e. The highest BCUT2D eigenvalue weighted by Gasteiger charge is 2.27. The van der Waals surface area contributed by atoms with Crippen molar-refractivity contribution in [3.63, 3.8) is 0 Å². The van der Waals surface area contributed by atoms with Crippen LogP contribution in [0.2, 0.25) is 10.0 Å². The lowest BCUT2D eigenvalue weighted by molar-refractivity contribution is 0.320. The molecule has 0 aromatic heterocycles. The van der Waals surface area contributed by atoms with Crippen molar-refractivity contribution in [1.82, 2.24) is 0 Å². The molecule has 1 N–H and O–H groups in total. The third kappa shape index (κ3) is 3.20. The zero-order valence-corrected chi connectivity index (χ0v) is 13.2. The van der Waals surface area contributed by atoms with Crippen molar-refractivity contribution < 1.29 is 13.6 Å². The molecule has 4 nitrogen and oxygen atoms in total. The lowest BCUT2D eigenvalue weighted by atomic mass is 10.2. The highest BCUT2D eigenvalue weighted by atomic mass is 35.5. The fourth-order valence-corrected chi connectivity index (χ4v) is 3.46. The molecule has 0 bridgehead atoms. The monoisotopic (exact) mass is 343 g/mol. The Kier molecular flexibility index (Phi) is 4.56. The van der Waals surface area contributed by atoms with E-state index < -0.39 is 14.9 Å². The Morgan fingerprint density at radius 2 is 1.71 bits per heavy atom. The largest absolute Gasteiger partial charge is 0.410 e. The SMILES string of the molecule is Cc1ccc(S(=O)(=O)/C(=N/O)c2cc(Cl)ccc2Cl)cc1. The van der Waals surface area contributed by atoms with E-state index in [-0.39, 0.29) is 20.5 Å². The van der Waals surface area contributed by atoms with Crippen molar-refractivity contribution in [3.8, 4) is 0 Å². The van der Waals surface area contributed by atoms with Crippen molar-refractivity contribution in [2.24, 2.45) is 5.16 Å². The van der Waals surface area contributed by atoms with Gasteiger partial charge in [0, 0.05) is 10.6 Å². The van der Waals surface area contributed by atoms with E-state index in [1.165, 1.54) is 30.3 Å². The van der Waals surface area contributed by atoms with Gasteiger partial charge in [-0.25, -0.2) is 8.42 Å². The van der Waals surface area contributed by atoms with Gasteiger partial charge in [0.25, 0.3) is 0 Å². The average molecular weight is 344 g/mol. The summed E-state index contributed by atoms with van der Waals surface area (Å²) in [5.41, 5.74) is 0.962. The van der Waals surface area contributed by atoms with Gasteiger partial charge in [0.1, 0.15) is 0 Å². The van der Waals surface area contributed by atoms with Gasteiger partial charge >= 0.3 is 0 Å². The van der Waals surface area contributed by atoms with Crippen LogP contribution < -0.4 is 0 Å². The van der Waals surface area contributed by atoms with Crippen molar-refractivity contribution in [3.05, 3.63) is 63.6 Å². The van der Waals surface area contributed by atoms with E-state index in [1.807, 2.05) is 6.92 Å². The van der Waals surface area contributed by atoms with Gasteiger partial charge < -0.3 is 5.21 Å². The molecule has 2 rings (SSSR count). The third-order valence-corrected chi connectivity index (χ3v) is 5.10. The highest BCUT2D eigenvalue weighted by molar-refractivity contribution is 8.07. The van der Waals surface area contributed by atoms with Gasteiger partial charge in [-0.1, -0.05) is 46.1 Å². The summed E-state index contributed by atoms with van der Waals surface area (Å²) in [6.07, 6.45) is 0. The van der Waals surface area contributed by atoms with Crippen LogP contribution in [0.15, 0.2) is 52.5 Å². The molecule has 21 heavy (non-hydrogen) atoms. The van der Waals surface area contributed by atoms with Crippen LogP contribution in [0.3, 0.4) is 0 Å². The lowest BCUT2D eigenvalue weighted by Crippen LogP contribution is -2.17. The van der Waals surface area contributed by atoms with Gasteiger partial charge in [0.15, 0.2) is 0 Å². The van der Waals surface area contributed by atoms with Crippen molar-refractivity contribution >= 4 is 38.1 Å². The van der Waals surface area contributed by atoms with Gasteiger partial charge in [-0.15, -0.1) is 0 Å². The number of oxime groups is 1. The summed E-state index contributed by atoms with van der Waals surface area (Å²) in [5, 5.41) is 11.9. The Bertz CT molecular complexity index is 799. The number of rotatable bonds is 2. The van der Waals surface area contributed by atoms with Gasteiger partial charge in [0.05, 0.1) is 9.92 Å². The fraction of sp³-hybridized carbons (Fsp3) is 0.0714. The molecule has 110 valence electrons. The quantitative estimate of drug-likeness (QED) is 0.389. The number of halogens is 2. The zero-order valence-electron chi connectivity index (χ0n) is 10.9. The summed E-state index contributed by atoms with van der Waals surface area (Å²) in [7, 11) is -4.00. The van der Waals surface area contributed by atoms with Crippen molar-refractivity contribution in [1.29, 1.82) is 0 Å². The third-order valence-electron chi connectivity index (χ3n) is 2.84. The normalized spacial score (nSPS) is 12.4. The molecule has 0 saturated heterocycles. The maximum atomic E-state index is 12.5. The van der Waals surface area contributed by atoms with Gasteiger partial charge in [-0.3, -0.25) is 0 Å². The van der Waals surface area contributed by atoms with Crippen LogP contribution >= 0.6 is 23.2 Å². The zero-order chi connectivity index (χ0) is 15.6. The summed E-state index contributed by atoms with van der Waals surface area (Å²) in [4.78, 5) is 0.0111. The van der Waals surface area contributed by atoms with E-state index in [0.717, 1.165) is 5.56 Å². The number of sulfone groups is 1. The summed E-state index contributed by atoms with van der Waals surface area (Å²) in [6.45, 7) is 1.84. The van der Waals surface area contributed by atoms with Crippen LogP contribution in [-0.2, 0) is 9.84 Å². The van der Waals surface area contributed by atoms with E-state index in [4.69, 9.17) is 28.4 Å². The van der Waals surface area contributed by atoms with Crippen LogP contribution in [0.25, 0.3) is 0 Å². The van der Waals surface area contributed by atoms with E-state index in [1.54, 1.807) is 12.1 Å². The van der Waals surface area contributed by atoms with E-state index in [0.29, 0.717) is 0 Å². The summed E-state index contributed by atoms with van der Waals surface area (Å²) < 4.78 is 25.1. The Morgan fingerprint density at radius 1 is 1.10 bits per heavy atom. The second-order valence-electron chi connectivity index (χ2n) is 4.35. The summed E-state index contributed by atoms with van der Waals surface area (Å²) >= 11 is 11.8. The number of hydrogen-bond donors (Lipinski definition) is 1. The van der Waals surface area contributed by atoms with Crippen molar-refractivity contribution in [2.45, 2.75) is 11.8 Å². The molecule has 0 fully saturated rings. The van der Waals surface area contributed by atoms with Crippen LogP contribution in [-0.4, -0.2) is 18.7 Å². The Balaban J connectivity index is 2.61. The molecule has 0 unspecified atom stereocenters. The minimum atomic E-state index is -4.00. The minimum Gasteiger partial charge on any atom is -0.410 e. The second kappa shape index (κ2) is 6.05. The highest BCUT2D eigenvalue weighted by Crippen LogP contribution is 2.26. The van der Waals surface area contributed by atoms with E-state index >= 15 is 0 Å². The molecule has 2 aromatic rings. The predicted octanol–water partition coefficient (Wildman–Crippen LogP) is 3.91. The molecule has 0 aliphatic heterocycles. The van der Waals surface area contributed by atoms with Gasteiger partial charge in [-0.2, -0.15) is 0 Å². The fourth-order valence-electron chi connectivity index (χ4n) is 1.74. The molecular weight excluding hydrogens is 333 g/mol. The second-order valence-corrected chi connectivity index (χ2v) is 7.05. The van der Waals surface area contributed by atoms with Crippen LogP contribution in [0.1, 0.15) is 11.1 Å².